The van der Waals surface area contributed by atoms with Crippen LogP contribution in [0.15, 0.2) is 0 Å². The van der Waals surface area contributed by atoms with Crippen LogP contribution in [0.5, 0.6) is 0 Å². The van der Waals surface area contributed by atoms with E-state index in [1.54, 1.807) is 0 Å². The number of fused-ring (bicyclic) bond motifs is 1. The van der Waals surface area contributed by atoms with Gasteiger partial charge in [0.25, 0.3) is 0 Å². The summed E-state index contributed by atoms with van der Waals surface area (Å²) in [4.78, 5) is 30.7. The van der Waals surface area contributed by atoms with E-state index in [1.807, 2.05) is 9.80 Å². The molecule has 3 atom stereocenters. The molecule has 4 fully saturated rings. The van der Waals surface area contributed by atoms with E-state index in [2.05, 4.69) is 18.7 Å². The monoisotopic (exact) mass is 349 g/mol. The predicted molar refractivity (Wildman–Crippen MR) is 94.0 cm³/mol. The van der Waals surface area contributed by atoms with Crippen molar-refractivity contribution < 1.29 is 14.3 Å². The number of hydrogen-bond donors (Lipinski definition) is 0. The van der Waals surface area contributed by atoms with Crippen LogP contribution in [0.1, 0.15) is 33.1 Å². The molecule has 0 unspecified atom stereocenters. The summed E-state index contributed by atoms with van der Waals surface area (Å²) in [5.41, 5.74) is 0.335. The van der Waals surface area contributed by atoms with Gasteiger partial charge < -0.3 is 14.5 Å². The minimum absolute atomic E-state index is 0.180. The fraction of sp³-hybridized carbons (Fsp3) is 0.895. The largest absolute Gasteiger partial charge is 0.453 e. The first-order valence-corrected chi connectivity index (χ1v) is 9.87. The van der Waals surface area contributed by atoms with Crippen molar-refractivity contribution in [3.05, 3.63) is 0 Å². The number of piperidine rings is 1. The SMILES string of the molecule is CCN(CC)C(=O)[C@H]1[C@@H]2CN(C3CC4(CCN(C(=O)OC)C4)C3)C[C@@H]21. The Bertz CT molecular complexity index is 544. The third kappa shape index (κ3) is 2.73. The Balaban J connectivity index is 1.25. The van der Waals surface area contributed by atoms with E-state index >= 15 is 0 Å². The molecule has 2 amide bonds. The zero-order valence-corrected chi connectivity index (χ0v) is 15.7. The van der Waals surface area contributed by atoms with E-state index in [-0.39, 0.29) is 6.09 Å². The number of nitrogens with zero attached hydrogens (tertiary/aromatic N) is 3. The smallest absolute Gasteiger partial charge is 0.409 e. The number of hydrogen-bond acceptors (Lipinski definition) is 4. The summed E-state index contributed by atoms with van der Waals surface area (Å²) in [7, 11) is 1.46. The summed E-state index contributed by atoms with van der Waals surface area (Å²) in [6.07, 6.45) is 3.34. The highest BCUT2D eigenvalue weighted by Gasteiger charge is 2.62. The zero-order chi connectivity index (χ0) is 17.8. The summed E-state index contributed by atoms with van der Waals surface area (Å²) >= 11 is 0. The fourth-order valence-electron chi connectivity index (χ4n) is 5.72. The van der Waals surface area contributed by atoms with Gasteiger partial charge >= 0.3 is 6.09 Å². The van der Waals surface area contributed by atoms with Crippen LogP contribution >= 0.6 is 0 Å². The van der Waals surface area contributed by atoms with Gasteiger partial charge in [-0.3, -0.25) is 9.69 Å². The Morgan fingerprint density at radius 3 is 2.36 bits per heavy atom. The number of carbonyl (C=O) groups is 2. The summed E-state index contributed by atoms with van der Waals surface area (Å²) in [5.74, 6) is 1.88. The van der Waals surface area contributed by atoms with Gasteiger partial charge in [0, 0.05) is 51.2 Å². The highest BCUT2D eigenvalue weighted by molar-refractivity contribution is 5.82. The molecule has 4 rings (SSSR count). The highest BCUT2D eigenvalue weighted by Crippen LogP contribution is 2.57. The van der Waals surface area contributed by atoms with Gasteiger partial charge in [0.1, 0.15) is 0 Å². The van der Waals surface area contributed by atoms with E-state index in [1.165, 1.54) is 20.0 Å². The number of rotatable bonds is 4. The fourth-order valence-corrected chi connectivity index (χ4v) is 5.72. The standard InChI is InChI=1S/C19H31N3O3/c1-4-20(5-2)17(23)16-14-10-22(11-15(14)16)13-8-19(9-13)6-7-21(12-19)18(24)25-3/h13-16H,4-12H2,1-3H3/t13?,14-,15+,16+,19?. The molecule has 2 aliphatic carbocycles. The average molecular weight is 349 g/mol. The van der Waals surface area contributed by atoms with Crippen LogP contribution in [0.4, 0.5) is 4.79 Å². The summed E-state index contributed by atoms with van der Waals surface area (Å²) in [6.45, 7) is 9.70. The van der Waals surface area contributed by atoms with Gasteiger partial charge in [0.2, 0.25) is 5.91 Å². The molecule has 0 bridgehead atoms. The molecule has 1 spiro atoms. The Morgan fingerprint density at radius 2 is 1.80 bits per heavy atom. The molecule has 2 saturated heterocycles. The number of ether oxygens (including phenoxy) is 1. The van der Waals surface area contributed by atoms with Crippen molar-refractivity contribution in [1.29, 1.82) is 0 Å². The van der Waals surface area contributed by atoms with Gasteiger partial charge in [-0.1, -0.05) is 0 Å². The third-order valence-corrected chi connectivity index (χ3v) is 7.31. The Morgan fingerprint density at radius 1 is 1.16 bits per heavy atom. The minimum Gasteiger partial charge on any atom is -0.453 e. The topological polar surface area (TPSA) is 53.1 Å². The Labute approximate surface area is 150 Å². The molecule has 6 heteroatoms. The van der Waals surface area contributed by atoms with Gasteiger partial charge in [-0.2, -0.15) is 0 Å². The molecular weight excluding hydrogens is 318 g/mol. The van der Waals surface area contributed by atoms with Crippen molar-refractivity contribution in [3.8, 4) is 0 Å². The van der Waals surface area contributed by atoms with Crippen molar-refractivity contribution in [3.63, 3.8) is 0 Å². The number of carbonyl (C=O) groups excluding carboxylic acids is 2. The van der Waals surface area contributed by atoms with Crippen molar-refractivity contribution in [2.45, 2.75) is 39.2 Å². The quantitative estimate of drug-likeness (QED) is 0.774. The lowest BCUT2D eigenvalue weighted by Crippen LogP contribution is -2.52. The number of likely N-dealkylation sites (tertiary alicyclic amines) is 2. The molecule has 2 saturated carbocycles. The normalized spacial score (nSPS) is 39.2. The second-order valence-corrected chi connectivity index (χ2v) is 8.52. The second-order valence-electron chi connectivity index (χ2n) is 8.52. The number of amides is 2. The van der Waals surface area contributed by atoms with E-state index in [0.717, 1.165) is 45.7 Å². The Hall–Kier alpha value is -1.30. The van der Waals surface area contributed by atoms with Gasteiger partial charge in [0.15, 0.2) is 0 Å². The molecule has 25 heavy (non-hydrogen) atoms. The maximum Gasteiger partial charge on any atom is 0.409 e. The summed E-state index contributed by atoms with van der Waals surface area (Å²) in [6, 6.07) is 0.662. The molecule has 2 heterocycles. The predicted octanol–water partition coefficient (Wildman–Crippen LogP) is 1.65. The summed E-state index contributed by atoms with van der Waals surface area (Å²) in [5, 5.41) is 0. The van der Waals surface area contributed by atoms with Crippen molar-refractivity contribution >= 4 is 12.0 Å². The highest BCUT2D eigenvalue weighted by atomic mass is 16.5. The maximum atomic E-state index is 12.5. The van der Waals surface area contributed by atoms with Crippen molar-refractivity contribution in [2.75, 3.05) is 46.4 Å². The van der Waals surface area contributed by atoms with Gasteiger partial charge in [-0.05, 0) is 50.4 Å². The van der Waals surface area contributed by atoms with Crippen LogP contribution in [-0.2, 0) is 9.53 Å². The van der Waals surface area contributed by atoms with Crippen LogP contribution in [0.2, 0.25) is 0 Å². The summed E-state index contributed by atoms with van der Waals surface area (Å²) < 4.78 is 4.86. The molecule has 0 radical (unpaired) electrons. The van der Waals surface area contributed by atoms with Gasteiger partial charge in [-0.25, -0.2) is 4.79 Å². The van der Waals surface area contributed by atoms with Crippen LogP contribution in [0.25, 0.3) is 0 Å². The minimum atomic E-state index is -0.180. The van der Waals surface area contributed by atoms with Gasteiger partial charge in [-0.15, -0.1) is 0 Å². The molecule has 4 aliphatic rings. The van der Waals surface area contributed by atoms with Crippen LogP contribution < -0.4 is 0 Å². The van der Waals surface area contributed by atoms with E-state index in [4.69, 9.17) is 4.74 Å². The lowest BCUT2D eigenvalue weighted by atomic mass is 9.64. The van der Waals surface area contributed by atoms with Crippen LogP contribution in [0, 0.1) is 23.2 Å². The molecule has 140 valence electrons. The zero-order valence-electron chi connectivity index (χ0n) is 15.7. The van der Waals surface area contributed by atoms with Crippen LogP contribution in [0.3, 0.4) is 0 Å². The Kier molecular flexibility index (Phi) is 4.21. The van der Waals surface area contributed by atoms with Crippen molar-refractivity contribution in [1.82, 2.24) is 14.7 Å². The van der Waals surface area contributed by atoms with Crippen molar-refractivity contribution in [2.24, 2.45) is 23.2 Å². The number of methoxy groups -OCH3 is 1. The maximum absolute atomic E-state index is 12.5. The lowest BCUT2D eigenvalue weighted by molar-refractivity contribution is -0.133. The van der Waals surface area contributed by atoms with E-state index < -0.39 is 0 Å². The van der Waals surface area contributed by atoms with E-state index in [0.29, 0.717) is 35.1 Å². The third-order valence-electron chi connectivity index (χ3n) is 7.31. The second kappa shape index (κ2) is 6.15. The molecule has 0 aromatic carbocycles. The van der Waals surface area contributed by atoms with E-state index in [9.17, 15) is 9.59 Å². The molecule has 6 nitrogen and oxygen atoms in total. The van der Waals surface area contributed by atoms with Crippen LogP contribution in [-0.4, -0.2) is 79.1 Å². The molecule has 2 aliphatic heterocycles. The molecule has 0 aromatic rings. The molecule has 0 N–H and O–H groups in total. The first-order chi connectivity index (χ1) is 12.0. The first-order valence-electron chi connectivity index (χ1n) is 9.87. The lowest BCUT2D eigenvalue weighted by Gasteiger charge is -2.49. The average Bonchev–Trinajstić information content (AvgIpc) is 2.94. The first kappa shape index (κ1) is 17.1. The van der Waals surface area contributed by atoms with Gasteiger partial charge in [0.05, 0.1) is 7.11 Å². The molecular formula is C19H31N3O3. The molecule has 0 aromatic heterocycles.